The molecule has 0 radical (unpaired) electrons. The van der Waals surface area contributed by atoms with E-state index in [-0.39, 0.29) is 0 Å². The van der Waals surface area contributed by atoms with Crippen LogP contribution >= 0.6 is 0 Å². The molecule has 0 unspecified atom stereocenters. The maximum absolute atomic E-state index is 2.56. The van der Waals surface area contributed by atoms with Crippen LogP contribution in [0.15, 0.2) is 419 Å². The van der Waals surface area contributed by atoms with Crippen LogP contribution in [0, 0.1) is 41.7 Å². The molecule has 22 rings (SSSR count). The molecule has 2 aliphatic rings. The maximum atomic E-state index is 2.56. The van der Waals surface area contributed by atoms with Gasteiger partial charge in [-0.3, -0.25) is 0 Å². The van der Waals surface area contributed by atoms with Gasteiger partial charge in [-0.2, -0.15) is 0 Å². The molecule has 0 atom stereocenters. The zero-order valence-corrected chi connectivity index (χ0v) is 63.8. The minimum Gasteiger partial charge on any atom is -0.0651 e. The largest absolute Gasteiger partial charge is 0.0651 e. The molecule has 0 fully saturated rings. The molecule has 0 N–H and O–H groups in total. The SMILES string of the molecule is CCCc1ccc(-c2ccc(-c3ccccc3)c(-c3c4c(c(-c5cc(-c6ccccc6)ccc5-c5ccccc5)c5cc6ccccc6cc35)=c3ccc5c6c(ccc=4c36)=c3c(-c4cc(-c6ccccc6)ccc4-c4ccccc4)c4ccc(-c6ccccc6)cc4c(-c4cc(-c6ccccc6)ccc4-c4ccccc4)c3=5)c2)cc1. The lowest BCUT2D eigenvalue weighted by Gasteiger charge is -2.21. The van der Waals surface area contributed by atoms with Crippen molar-refractivity contribution in [2.45, 2.75) is 19.8 Å². The Balaban J connectivity index is 1.01. The Morgan fingerprint density at radius 3 is 0.696 bits per heavy atom. The second-order valence-electron chi connectivity index (χ2n) is 31.0. The molecular formula is C115H76. The molecule has 20 aromatic rings. The van der Waals surface area contributed by atoms with Gasteiger partial charge in [0.1, 0.15) is 0 Å². The minimum atomic E-state index is 1.04. The highest BCUT2D eigenvalue weighted by molar-refractivity contribution is 6.16. The van der Waals surface area contributed by atoms with Gasteiger partial charge in [-0.15, -0.1) is 0 Å². The molecule has 0 saturated heterocycles. The molecule has 0 aliphatic heterocycles. The molecule has 0 heteroatoms. The summed E-state index contributed by atoms with van der Waals surface area (Å²) in [4.78, 5) is 0. The van der Waals surface area contributed by atoms with E-state index < -0.39 is 0 Å². The van der Waals surface area contributed by atoms with Gasteiger partial charge in [-0.25, -0.2) is 0 Å². The zero-order chi connectivity index (χ0) is 76.0. The number of hydrogen-bond acceptors (Lipinski definition) is 0. The summed E-state index contributed by atoms with van der Waals surface area (Å²) in [7, 11) is 0. The summed E-state index contributed by atoms with van der Waals surface area (Å²) < 4.78 is 0. The average Bonchev–Trinajstić information content (AvgIpc) is 1.51. The molecule has 0 heterocycles. The summed E-state index contributed by atoms with van der Waals surface area (Å²) >= 11 is 0. The van der Waals surface area contributed by atoms with E-state index in [0.717, 1.165) is 46.2 Å². The quantitative estimate of drug-likeness (QED) is 0.0898. The van der Waals surface area contributed by atoms with Gasteiger partial charge in [-0.05, 0) is 284 Å². The highest BCUT2D eigenvalue weighted by Crippen LogP contribution is 2.53. The number of rotatable bonds is 15. The van der Waals surface area contributed by atoms with E-state index in [1.165, 1.54) is 202 Å². The first-order valence-electron chi connectivity index (χ1n) is 40.4. The molecule has 20 aromatic carbocycles. The Bertz CT molecular complexity index is 7740. The summed E-state index contributed by atoms with van der Waals surface area (Å²) in [5.74, 6) is 0. The van der Waals surface area contributed by atoms with Gasteiger partial charge in [0.05, 0.1) is 0 Å². The van der Waals surface area contributed by atoms with E-state index >= 15 is 0 Å². The third-order valence-corrected chi connectivity index (χ3v) is 24.5. The number of aryl methyl sites for hydroxylation is 1. The lowest BCUT2D eigenvalue weighted by Crippen LogP contribution is -1.97. The van der Waals surface area contributed by atoms with Gasteiger partial charge in [0.15, 0.2) is 0 Å². The van der Waals surface area contributed by atoms with E-state index in [1.54, 1.807) is 0 Å². The number of fused-ring (bicyclic) bond motifs is 5. The minimum absolute atomic E-state index is 1.04. The fourth-order valence-corrected chi connectivity index (χ4v) is 19.2. The van der Waals surface area contributed by atoms with Crippen molar-refractivity contribution in [1.82, 2.24) is 0 Å². The Morgan fingerprint density at radius 2 is 0.400 bits per heavy atom. The normalized spacial score (nSPS) is 11.8. The van der Waals surface area contributed by atoms with Crippen LogP contribution in [-0.2, 0) is 6.42 Å². The van der Waals surface area contributed by atoms with Crippen molar-refractivity contribution >= 4 is 43.1 Å². The predicted octanol–water partition coefficient (Wildman–Crippen LogP) is 30.7. The van der Waals surface area contributed by atoms with Crippen molar-refractivity contribution in [3.05, 3.63) is 466 Å². The van der Waals surface area contributed by atoms with Crippen LogP contribution in [0.25, 0.3) is 188 Å². The van der Waals surface area contributed by atoms with E-state index in [0.29, 0.717) is 0 Å². The second kappa shape index (κ2) is 28.0. The summed E-state index contributed by atoms with van der Waals surface area (Å²) in [5, 5.41) is 19.5. The molecule has 536 valence electrons. The van der Waals surface area contributed by atoms with Gasteiger partial charge in [0, 0.05) is 0 Å². The van der Waals surface area contributed by atoms with Gasteiger partial charge >= 0.3 is 0 Å². The van der Waals surface area contributed by atoms with Crippen molar-refractivity contribution in [1.29, 1.82) is 0 Å². The van der Waals surface area contributed by atoms with Crippen molar-refractivity contribution < 1.29 is 0 Å². The monoisotopic (exact) mass is 1460 g/mol. The first-order chi connectivity index (χ1) is 57.0. The number of benzene rings is 20. The van der Waals surface area contributed by atoms with E-state index in [1.807, 2.05) is 0 Å². The van der Waals surface area contributed by atoms with E-state index in [4.69, 9.17) is 0 Å². The molecule has 0 spiro atoms. The molecule has 115 heavy (non-hydrogen) atoms. The van der Waals surface area contributed by atoms with E-state index in [2.05, 4.69) is 426 Å². The standard InChI is InChI=1S/C115H76/c1-2-29-73-48-50-78(51-49-73)89-55-60-93(82-44-25-10-26-45-82)102(71-89)111-105-67-84-47-28-27-46-83(84)66-104(105)110(101-70-87(76-34-15-5-16-35-76)54-59-92(101)81-42-23-9-24-43-81)114-98-65-64-96-107-95(62-63-97(108(98)107)115(111)114)112-106(99-68-85(74-30-11-3-12-31-74)52-57-90(99)79-38-19-7-20-39-79)94-61-56-88(77-36-17-6-18-37-77)72-103(94)109(113(96)112)100-69-86(75-32-13-4-14-33-75)53-58-91(100)80-40-21-8-22-41-80/h3-28,30-72H,2,29H2,1H3. The first kappa shape index (κ1) is 67.3. The van der Waals surface area contributed by atoms with Crippen LogP contribution in [0.3, 0.4) is 0 Å². The van der Waals surface area contributed by atoms with Crippen molar-refractivity contribution in [3.63, 3.8) is 0 Å². The fraction of sp³-hybridized carbons (Fsp3) is 0.0261. The topological polar surface area (TPSA) is 0 Å². The Labute approximate surface area is 668 Å². The third kappa shape index (κ3) is 11.3. The molecule has 2 aliphatic carbocycles. The maximum Gasteiger partial charge on any atom is -0.000717 e. The highest BCUT2D eigenvalue weighted by Gasteiger charge is 2.30. The molecule has 0 aromatic heterocycles. The zero-order valence-electron chi connectivity index (χ0n) is 63.8. The average molecular weight is 1460 g/mol. The van der Waals surface area contributed by atoms with E-state index in [9.17, 15) is 0 Å². The molecule has 0 saturated carbocycles. The lowest BCUT2D eigenvalue weighted by molar-refractivity contribution is 0.922. The predicted molar refractivity (Wildman–Crippen MR) is 485 cm³/mol. The Hall–Kier alpha value is -14.6. The molecular weight excluding hydrogens is 1380 g/mol. The van der Waals surface area contributed by atoms with Crippen LogP contribution in [0.4, 0.5) is 0 Å². The van der Waals surface area contributed by atoms with Crippen LogP contribution in [0.2, 0.25) is 0 Å². The number of hydrogen-bond donors (Lipinski definition) is 0. The first-order valence-corrected chi connectivity index (χ1v) is 40.4. The summed E-state index contributed by atoms with van der Waals surface area (Å²) in [6.45, 7) is 2.27. The highest BCUT2D eigenvalue weighted by atomic mass is 14.3. The van der Waals surface area contributed by atoms with Crippen LogP contribution in [0.1, 0.15) is 18.9 Å². The second-order valence-corrected chi connectivity index (χ2v) is 31.0. The summed E-state index contributed by atoms with van der Waals surface area (Å²) in [6.07, 6.45) is 2.13. The molecule has 0 nitrogen and oxygen atoms in total. The van der Waals surface area contributed by atoms with Crippen molar-refractivity contribution in [2.75, 3.05) is 0 Å². The third-order valence-electron chi connectivity index (χ3n) is 24.5. The lowest BCUT2D eigenvalue weighted by atomic mass is 9.81. The van der Waals surface area contributed by atoms with Gasteiger partial charge in [-0.1, -0.05) is 389 Å². The molecule has 0 amide bonds. The van der Waals surface area contributed by atoms with Gasteiger partial charge in [0.25, 0.3) is 0 Å². The summed E-state index contributed by atoms with van der Waals surface area (Å²) in [5.41, 5.74) is 32.0. The Kier molecular flexibility index (Phi) is 16.4. The van der Waals surface area contributed by atoms with Gasteiger partial charge in [0.2, 0.25) is 0 Å². The smallest absolute Gasteiger partial charge is 0.000717 e. The van der Waals surface area contributed by atoms with Crippen LogP contribution < -0.4 is 0 Å². The van der Waals surface area contributed by atoms with Crippen molar-refractivity contribution in [2.24, 2.45) is 0 Å². The van der Waals surface area contributed by atoms with Crippen LogP contribution in [0.5, 0.6) is 0 Å². The fourth-order valence-electron chi connectivity index (χ4n) is 19.2. The van der Waals surface area contributed by atoms with Gasteiger partial charge < -0.3 is 0 Å². The molecule has 0 bridgehead atoms. The van der Waals surface area contributed by atoms with Crippen LogP contribution in [-0.4, -0.2) is 0 Å². The van der Waals surface area contributed by atoms with Crippen molar-refractivity contribution in [3.8, 4) is 145 Å². The Morgan fingerprint density at radius 1 is 0.165 bits per heavy atom. The summed E-state index contributed by atoms with van der Waals surface area (Å²) in [6, 6.07) is 159.